The average molecular weight is 243 g/mol. The van der Waals surface area contributed by atoms with Crippen LogP contribution in [0.15, 0.2) is 12.1 Å². The summed E-state index contributed by atoms with van der Waals surface area (Å²) in [6.07, 6.45) is 3.84. The SMILES string of the molecule is Nc1ccc2[nH]c(C3C4CCC(C4)C3N)nc2n1. The van der Waals surface area contributed by atoms with Crippen molar-refractivity contribution in [3.05, 3.63) is 18.0 Å². The molecule has 4 rings (SSSR count). The maximum Gasteiger partial charge on any atom is 0.179 e. The number of fused-ring (bicyclic) bond motifs is 3. The second kappa shape index (κ2) is 3.45. The Hall–Kier alpha value is -1.62. The largest absolute Gasteiger partial charge is 0.384 e. The summed E-state index contributed by atoms with van der Waals surface area (Å²) in [5.41, 5.74) is 13.7. The summed E-state index contributed by atoms with van der Waals surface area (Å²) < 4.78 is 0. The van der Waals surface area contributed by atoms with Crippen LogP contribution < -0.4 is 11.5 Å². The summed E-state index contributed by atoms with van der Waals surface area (Å²) in [5, 5.41) is 0. The number of nitrogen functional groups attached to an aromatic ring is 1. The fourth-order valence-electron chi connectivity index (χ4n) is 3.83. The first-order chi connectivity index (χ1) is 8.72. The number of H-pyrrole nitrogens is 1. The number of rotatable bonds is 1. The van der Waals surface area contributed by atoms with Crippen molar-refractivity contribution in [3.63, 3.8) is 0 Å². The van der Waals surface area contributed by atoms with Crippen LogP contribution >= 0.6 is 0 Å². The molecule has 0 aromatic carbocycles. The molecule has 2 saturated carbocycles. The van der Waals surface area contributed by atoms with Crippen LogP contribution in [0.3, 0.4) is 0 Å². The zero-order valence-electron chi connectivity index (χ0n) is 10.1. The molecule has 0 spiro atoms. The van der Waals surface area contributed by atoms with E-state index in [-0.39, 0.29) is 6.04 Å². The van der Waals surface area contributed by atoms with Gasteiger partial charge in [-0.05, 0) is 43.2 Å². The Bertz CT molecular complexity index is 602. The summed E-state index contributed by atoms with van der Waals surface area (Å²) >= 11 is 0. The van der Waals surface area contributed by atoms with E-state index in [1.807, 2.05) is 6.07 Å². The Balaban J connectivity index is 1.78. The molecular weight excluding hydrogens is 226 g/mol. The van der Waals surface area contributed by atoms with Crippen molar-refractivity contribution in [2.75, 3.05) is 5.73 Å². The molecule has 0 amide bonds. The van der Waals surface area contributed by atoms with E-state index >= 15 is 0 Å². The Morgan fingerprint density at radius 1 is 1.17 bits per heavy atom. The summed E-state index contributed by atoms with van der Waals surface area (Å²) in [7, 11) is 0. The number of pyridine rings is 1. The molecule has 2 fully saturated rings. The standard InChI is InChI=1S/C13H17N5/c14-9-4-3-8-12(17-9)18-13(16-8)10-6-1-2-7(5-6)11(10)15/h3-4,6-7,10-11H,1-2,5,15H2,(H3,14,16,17,18). The highest BCUT2D eigenvalue weighted by Gasteiger charge is 2.47. The van der Waals surface area contributed by atoms with Crippen LogP contribution in [0.2, 0.25) is 0 Å². The fraction of sp³-hybridized carbons (Fsp3) is 0.538. The van der Waals surface area contributed by atoms with Gasteiger partial charge in [0.25, 0.3) is 0 Å². The van der Waals surface area contributed by atoms with Crippen molar-refractivity contribution < 1.29 is 0 Å². The number of anilines is 1. The van der Waals surface area contributed by atoms with Crippen molar-refractivity contribution in [2.24, 2.45) is 17.6 Å². The van der Waals surface area contributed by atoms with Gasteiger partial charge in [0.15, 0.2) is 5.65 Å². The van der Waals surface area contributed by atoms with Crippen LogP contribution in [0.4, 0.5) is 5.82 Å². The number of nitrogens with two attached hydrogens (primary N) is 2. The van der Waals surface area contributed by atoms with E-state index in [9.17, 15) is 0 Å². The number of nitrogens with zero attached hydrogens (tertiary/aromatic N) is 2. The molecule has 4 atom stereocenters. The number of hydrogen-bond acceptors (Lipinski definition) is 4. The monoisotopic (exact) mass is 243 g/mol. The van der Waals surface area contributed by atoms with Crippen molar-refractivity contribution >= 4 is 17.0 Å². The second-order valence-corrected chi connectivity index (χ2v) is 5.67. The number of imidazole rings is 1. The van der Waals surface area contributed by atoms with E-state index < -0.39 is 0 Å². The fourth-order valence-corrected chi connectivity index (χ4v) is 3.83. The van der Waals surface area contributed by atoms with Gasteiger partial charge in [-0.3, -0.25) is 0 Å². The third-order valence-corrected chi connectivity index (χ3v) is 4.68. The highest BCUT2D eigenvalue weighted by molar-refractivity contribution is 5.72. The van der Waals surface area contributed by atoms with Crippen LogP contribution in [-0.2, 0) is 0 Å². The molecule has 2 aromatic heterocycles. The Morgan fingerprint density at radius 2 is 2.00 bits per heavy atom. The normalized spacial score (nSPS) is 34.5. The number of aromatic nitrogens is 3. The lowest BCUT2D eigenvalue weighted by Gasteiger charge is -2.26. The minimum atomic E-state index is 0.252. The Morgan fingerprint density at radius 3 is 2.78 bits per heavy atom. The third kappa shape index (κ3) is 1.31. The summed E-state index contributed by atoms with van der Waals surface area (Å²) in [6.45, 7) is 0. The molecule has 0 radical (unpaired) electrons. The van der Waals surface area contributed by atoms with Gasteiger partial charge in [0.05, 0.1) is 5.52 Å². The quantitative estimate of drug-likeness (QED) is 0.705. The molecule has 94 valence electrons. The maximum atomic E-state index is 6.34. The van der Waals surface area contributed by atoms with Crippen LogP contribution in [0.5, 0.6) is 0 Å². The molecule has 5 heteroatoms. The van der Waals surface area contributed by atoms with Gasteiger partial charge in [-0.1, -0.05) is 0 Å². The molecule has 5 N–H and O–H groups in total. The Kier molecular flexibility index (Phi) is 1.97. The van der Waals surface area contributed by atoms with Crippen molar-refractivity contribution in [2.45, 2.75) is 31.2 Å². The molecule has 0 aliphatic heterocycles. The number of nitrogens with one attached hydrogen (secondary N) is 1. The second-order valence-electron chi connectivity index (χ2n) is 5.67. The van der Waals surface area contributed by atoms with Crippen LogP contribution in [0, 0.1) is 11.8 Å². The van der Waals surface area contributed by atoms with Gasteiger partial charge in [0.2, 0.25) is 0 Å². The van der Waals surface area contributed by atoms with Gasteiger partial charge in [-0.2, -0.15) is 0 Å². The molecule has 2 aliphatic carbocycles. The van der Waals surface area contributed by atoms with E-state index in [1.54, 1.807) is 6.07 Å². The summed E-state index contributed by atoms with van der Waals surface area (Å²) in [5.74, 6) is 3.27. The first kappa shape index (κ1) is 10.3. The predicted octanol–water partition coefficient (Wildman–Crippen LogP) is 1.38. The summed E-state index contributed by atoms with van der Waals surface area (Å²) in [6, 6.07) is 3.99. The number of hydrogen-bond donors (Lipinski definition) is 3. The molecule has 2 bridgehead atoms. The highest BCUT2D eigenvalue weighted by Crippen LogP contribution is 2.51. The Labute approximate surface area is 105 Å². The van der Waals surface area contributed by atoms with Gasteiger partial charge >= 0.3 is 0 Å². The molecule has 2 aliphatic rings. The smallest absolute Gasteiger partial charge is 0.179 e. The van der Waals surface area contributed by atoms with Crippen LogP contribution in [0.25, 0.3) is 11.2 Å². The molecule has 5 nitrogen and oxygen atoms in total. The molecule has 2 aromatic rings. The molecular formula is C13H17N5. The minimum absolute atomic E-state index is 0.252. The lowest BCUT2D eigenvalue weighted by atomic mass is 9.84. The highest BCUT2D eigenvalue weighted by atomic mass is 15.0. The average Bonchev–Trinajstić information content (AvgIpc) is 3.00. The third-order valence-electron chi connectivity index (χ3n) is 4.68. The van der Waals surface area contributed by atoms with E-state index in [0.29, 0.717) is 29.2 Å². The first-order valence-corrected chi connectivity index (χ1v) is 6.60. The zero-order chi connectivity index (χ0) is 12.3. The van der Waals surface area contributed by atoms with E-state index in [2.05, 4.69) is 15.0 Å². The van der Waals surface area contributed by atoms with Gasteiger partial charge in [-0.15, -0.1) is 0 Å². The molecule has 18 heavy (non-hydrogen) atoms. The van der Waals surface area contributed by atoms with Crippen molar-refractivity contribution in [3.8, 4) is 0 Å². The molecule has 4 unspecified atom stereocenters. The minimum Gasteiger partial charge on any atom is -0.384 e. The zero-order valence-corrected chi connectivity index (χ0v) is 10.1. The van der Waals surface area contributed by atoms with Gasteiger partial charge in [0.1, 0.15) is 11.6 Å². The first-order valence-electron chi connectivity index (χ1n) is 6.60. The summed E-state index contributed by atoms with van der Waals surface area (Å²) in [4.78, 5) is 12.2. The van der Waals surface area contributed by atoms with Gasteiger partial charge in [0, 0.05) is 12.0 Å². The van der Waals surface area contributed by atoms with Crippen LogP contribution in [-0.4, -0.2) is 21.0 Å². The van der Waals surface area contributed by atoms with Crippen molar-refractivity contribution in [1.82, 2.24) is 15.0 Å². The lowest BCUT2D eigenvalue weighted by molar-refractivity contribution is 0.356. The van der Waals surface area contributed by atoms with E-state index in [0.717, 1.165) is 11.3 Å². The molecule has 0 saturated heterocycles. The van der Waals surface area contributed by atoms with Gasteiger partial charge < -0.3 is 16.5 Å². The topological polar surface area (TPSA) is 93.6 Å². The predicted molar refractivity (Wildman–Crippen MR) is 69.8 cm³/mol. The van der Waals surface area contributed by atoms with Gasteiger partial charge in [-0.25, -0.2) is 9.97 Å². The van der Waals surface area contributed by atoms with Crippen molar-refractivity contribution in [1.29, 1.82) is 0 Å². The lowest BCUT2D eigenvalue weighted by Crippen LogP contribution is -2.34. The van der Waals surface area contributed by atoms with Crippen LogP contribution in [0.1, 0.15) is 31.0 Å². The molecule has 2 heterocycles. The van der Waals surface area contributed by atoms with E-state index in [4.69, 9.17) is 11.5 Å². The van der Waals surface area contributed by atoms with E-state index in [1.165, 1.54) is 19.3 Å². The maximum absolute atomic E-state index is 6.34. The number of aromatic amines is 1.